The molecule has 174 valence electrons. The standard InChI is InChI=1S/C26H28N4.2ClH.Fe/c1-18(2)21-12-9-13-22(19(3)4)26(21)28-16-24-23-11-5-6-14-25(23)30(29-24)17-20-10-7-8-15-27-20;;;/h5-16,18-19H,17H2,1-4H3;2*1H;/q;;;+2/p-2. The minimum absolute atomic E-state index is 0.194. The van der Waals surface area contributed by atoms with Crippen molar-refractivity contribution in [1.82, 2.24) is 14.8 Å². The Bertz CT molecular complexity index is 1180. The molecule has 0 aliphatic heterocycles. The number of pyridine rings is 1. The second kappa shape index (κ2) is 12.3. The van der Waals surface area contributed by atoms with Gasteiger partial charge in [-0.2, -0.15) is 5.10 Å². The van der Waals surface area contributed by atoms with E-state index in [0.717, 1.165) is 28.0 Å². The van der Waals surface area contributed by atoms with E-state index >= 15 is 0 Å². The molecule has 0 amide bonds. The fourth-order valence-corrected chi connectivity index (χ4v) is 3.80. The Morgan fingerprint density at radius 2 is 1.55 bits per heavy atom. The van der Waals surface area contributed by atoms with Crippen LogP contribution in [0.5, 0.6) is 0 Å². The third-order valence-corrected chi connectivity index (χ3v) is 5.38. The minimum atomic E-state index is 0.194. The van der Waals surface area contributed by atoms with Crippen molar-refractivity contribution in [2.75, 3.05) is 0 Å². The van der Waals surface area contributed by atoms with Gasteiger partial charge >= 0.3 is 33.3 Å². The average molecular weight is 523 g/mol. The molecular weight excluding hydrogens is 495 g/mol. The Hall–Kier alpha value is -2.17. The second-order valence-electron chi connectivity index (χ2n) is 8.28. The summed E-state index contributed by atoms with van der Waals surface area (Å²) in [7, 11) is 9.53. The van der Waals surface area contributed by atoms with Gasteiger partial charge in [-0.1, -0.05) is 70.2 Å². The van der Waals surface area contributed by atoms with Crippen molar-refractivity contribution in [1.29, 1.82) is 0 Å². The van der Waals surface area contributed by atoms with Gasteiger partial charge in [0.15, 0.2) is 0 Å². The van der Waals surface area contributed by atoms with Crippen LogP contribution >= 0.6 is 20.2 Å². The molecule has 4 aromatic rings. The quantitative estimate of drug-likeness (QED) is 0.191. The first-order chi connectivity index (χ1) is 16.0. The number of aromatic nitrogens is 3. The Morgan fingerprint density at radius 3 is 2.15 bits per heavy atom. The fraction of sp³-hybridized carbons (Fsp3) is 0.269. The molecule has 0 aliphatic rings. The number of hydrogen-bond donors (Lipinski definition) is 0. The van der Waals surface area contributed by atoms with Crippen LogP contribution in [-0.2, 0) is 19.7 Å². The molecule has 0 saturated carbocycles. The number of para-hydroxylation sites is 2. The summed E-state index contributed by atoms with van der Waals surface area (Å²) >= 11 is 0.194. The van der Waals surface area contributed by atoms with Crippen molar-refractivity contribution in [3.05, 3.63) is 89.4 Å². The fourth-order valence-electron chi connectivity index (χ4n) is 3.80. The summed E-state index contributed by atoms with van der Waals surface area (Å²) in [6.45, 7) is 9.50. The van der Waals surface area contributed by atoms with Crippen molar-refractivity contribution in [3.63, 3.8) is 0 Å². The van der Waals surface area contributed by atoms with Crippen LogP contribution in [-0.4, -0.2) is 21.0 Å². The molecule has 2 aromatic heterocycles. The maximum atomic E-state index is 4.97. The van der Waals surface area contributed by atoms with Gasteiger partial charge in [-0.05, 0) is 41.2 Å². The van der Waals surface area contributed by atoms with Crippen molar-refractivity contribution in [2.45, 2.75) is 46.1 Å². The molecule has 0 aliphatic carbocycles. The molecular formula is C26H28Cl2FeN4. The van der Waals surface area contributed by atoms with Crippen LogP contribution in [0.1, 0.15) is 62.0 Å². The first-order valence-corrected chi connectivity index (χ1v) is 13.9. The van der Waals surface area contributed by atoms with Crippen molar-refractivity contribution >= 4 is 43.0 Å². The SMILES string of the molecule is CC(C)c1cccc(C(C)C)c1N=Cc1nn(Cc2ccccn2)c2ccccc12.[Cl][Fe][Cl]. The van der Waals surface area contributed by atoms with E-state index in [2.05, 4.69) is 63.0 Å². The van der Waals surface area contributed by atoms with Crippen molar-refractivity contribution in [3.8, 4) is 0 Å². The summed E-state index contributed by atoms with van der Waals surface area (Å²) < 4.78 is 2.01. The number of benzene rings is 2. The van der Waals surface area contributed by atoms with E-state index in [0.29, 0.717) is 18.4 Å². The maximum absolute atomic E-state index is 4.97. The topological polar surface area (TPSA) is 43.1 Å². The van der Waals surface area contributed by atoms with Gasteiger partial charge in [0.05, 0.1) is 29.7 Å². The van der Waals surface area contributed by atoms with Gasteiger partial charge in [-0.15, -0.1) is 0 Å². The Kier molecular flexibility index (Phi) is 9.51. The summed E-state index contributed by atoms with van der Waals surface area (Å²) in [6.07, 6.45) is 3.74. The third-order valence-electron chi connectivity index (χ3n) is 5.38. The molecule has 4 nitrogen and oxygen atoms in total. The molecule has 0 spiro atoms. The summed E-state index contributed by atoms with van der Waals surface area (Å²) in [6, 6.07) is 20.8. The zero-order valence-corrected chi connectivity index (χ0v) is 21.8. The van der Waals surface area contributed by atoms with Crippen LogP contribution in [0.25, 0.3) is 10.9 Å². The molecule has 0 unspecified atom stereocenters. The third kappa shape index (κ3) is 6.45. The summed E-state index contributed by atoms with van der Waals surface area (Å²) in [5, 5.41) is 5.98. The summed E-state index contributed by atoms with van der Waals surface area (Å²) in [4.78, 5) is 9.42. The molecule has 2 heterocycles. The van der Waals surface area contributed by atoms with Crippen LogP contribution in [0, 0.1) is 0 Å². The predicted molar refractivity (Wildman–Crippen MR) is 137 cm³/mol. The van der Waals surface area contributed by atoms with Gasteiger partial charge in [0.25, 0.3) is 0 Å². The summed E-state index contributed by atoms with van der Waals surface area (Å²) in [5.41, 5.74) is 6.58. The first-order valence-electron chi connectivity index (χ1n) is 10.8. The van der Waals surface area contributed by atoms with Gasteiger partial charge < -0.3 is 0 Å². The molecule has 33 heavy (non-hydrogen) atoms. The van der Waals surface area contributed by atoms with Crippen LogP contribution < -0.4 is 0 Å². The zero-order chi connectivity index (χ0) is 23.8. The number of rotatable bonds is 6. The predicted octanol–water partition coefficient (Wildman–Crippen LogP) is 7.85. The molecule has 0 N–H and O–H groups in total. The number of fused-ring (bicyclic) bond motifs is 1. The van der Waals surface area contributed by atoms with Gasteiger partial charge in [0, 0.05) is 11.6 Å². The van der Waals surface area contributed by atoms with E-state index in [1.807, 2.05) is 47.4 Å². The summed E-state index contributed by atoms with van der Waals surface area (Å²) in [5.74, 6) is 0.823. The Balaban J connectivity index is 0.000000968. The number of hydrogen-bond acceptors (Lipinski definition) is 3. The molecule has 0 saturated heterocycles. The van der Waals surface area contributed by atoms with E-state index in [1.54, 1.807) is 0 Å². The zero-order valence-electron chi connectivity index (χ0n) is 19.2. The Morgan fingerprint density at radius 1 is 0.909 bits per heavy atom. The van der Waals surface area contributed by atoms with E-state index in [1.165, 1.54) is 11.1 Å². The monoisotopic (exact) mass is 522 g/mol. The van der Waals surface area contributed by atoms with Crippen LogP contribution in [0.15, 0.2) is 71.9 Å². The van der Waals surface area contributed by atoms with Crippen LogP contribution in [0.4, 0.5) is 5.69 Å². The molecule has 0 atom stereocenters. The molecule has 4 rings (SSSR count). The normalized spacial score (nSPS) is 11.5. The van der Waals surface area contributed by atoms with Crippen LogP contribution in [0.3, 0.4) is 0 Å². The number of aliphatic imine (C=N–C) groups is 1. The molecule has 0 bridgehead atoms. The molecule has 0 fully saturated rings. The van der Waals surface area contributed by atoms with Gasteiger partial charge in [-0.3, -0.25) is 14.7 Å². The average Bonchev–Trinajstić information content (AvgIpc) is 3.16. The van der Waals surface area contributed by atoms with Crippen molar-refractivity contribution < 1.29 is 13.1 Å². The number of halogens is 2. The first kappa shape index (κ1) is 25.5. The van der Waals surface area contributed by atoms with E-state index in [9.17, 15) is 0 Å². The molecule has 2 aromatic carbocycles. The van der Waals surface area contributed by atoms with E-state index in [4.69, 9.17) is 30.3 Å². The van der Waals surface area contributed by atoms with E-state index in [-0.39, 0.29) is 13.1 Å². The Labute approximate surface area is 210 Å². The van der Waals surface area contributed by atoms with Gasteiger partial charge in [0.2, 0.25) is 0 Å². The van der Waals surface area contributed by atoms with Gasteiger partial charge in [0.1, 0.15) is 5.69 Å². The number of nitrogens with zero attached hydrogens (tertiary/aromatic N) is 4. The van der Waals surface area contributed by atoms with Crippen molar-refractivity contribution in [2.24, 2.45) is 4.99 Å². The molecule has 0 radical (unpaired) electrons. The van der Waals surface area contributed by atoms with Crippen LogP contribution in [0.2, 0.25) is 0 Å². The van der Waals surface area contributed by atoms with E-state index < -0.39 is 0 Å². The second-order valence-corrected chi connectivity index (χ2v) is 10.1. The molecule has 7 heteroatoms. The van der Waals surface area contributed by atoms with Gasteiger partial charge in [-0.25, -0.2) is 0 Å².